The topological polar surface area (TPSA) is 57.7 Å². The molecule has 0 atom stereocenters. The van der Waals surface area contributed by atoms with Crippen LogP contribution in [0.2, 0.25) is 0 Å². The third kappa shape index (κ3) is 2.85. The molecule has 0 spiro atoms. The Hall–Kier alpha value is -2.18. The second-order valence-electron chi connectivity index (χ2n) is 6.47. The number of rotatable bonds is 3. The lowest BCUT2D eigenvalue weighted by Gasteiger charge is -2.19. The highest BCUT2D eigenvalue weighted by molar-refractivity contribution is 7.89. The maximum atomic E-state index is 12.9. The zero-order chi connectivity index (χ0) is 17.4. The lowest BCUT2D eigenvalue weighted by molar-refractivity contribution is 0.0989. The molecule has 25 heavy (non-hydrogen) atoms. The van der Waals surface area contributed by atoms with Crippen LogP contribution in [0.3, 0.4) is 0 Å². The Morgan fingerprint density at radius 1 is 0.920 bits per heavy atom. The van der Waals surface area contributed by atoms with Gasteiger partial charge in [-0.15, -0.1) is 0 Å². The van der Waals surface area contributed by atoms with E-state index < -0.39 is 10.0 Å². The number of hydrogen-bond acceptors (Lipinski definition) is 3. The van der Waals surface area contributed by atoms with Gasteiger partial charge in [0.15, 0.2) is 0 Å². The first kappa shape index (κ1) is 16.3. The molecule has 2 aliphatic rings. The van der Waals surface area contributed by atoms with E-state index in [0.717, 1.165) is 30.5 Å². The fourth-order valence-electron chi connectivity index (χ4n) is 3.57. The van der Waals surface area contributed by atoms with Crippen LogP contribution >= 0.6 is 0 Å². The van der Waals surface area contributed by atoms with Gasteiger partial charge in [-0.3, -0.25) is 4.79 Å². The number of para-hydroxylation sites is 1. The predicted molar refractivity (Wildman–Crippen MR) is 96.3 cm³/mol. The van der Waals surface area contributed by atoms with E-state index in [-0.39, 0.29) is 10.8 Å². The molecule has 2 aliphatic heterocycles. The summed E-state index contributed by atoms with van der Waals surface area (Å²) in [7, 11) is -3.52. The second kappa shape index (κ2) is 6.28. The molecule has 1 saturated heterocycles. The third-order valence-electron chi connectivity index (χ3n) is 4.92. The molecule has 2 aromatic carbocycles. The average molecular weight is 356 g/mol. The number of anilines is 1. The van der Waals surface area contributed by atoms with Crippen molar-refractivity contribution in [3.8, 4) is 0 Å². The Balaban J connectivity index is 1.65. The van der Waals surface area contributed by atoms with Crippen molar-refractivity contribution in [3.63, 3.8) is 0 Å². The number of sulfonamides is 1. The van der Waals surface area contributed by atoms with Crippen molar-refractivity contribution in [3.05, 3.63) is 59.7 Å². The molecule has 0 aliphatic carbocycles. The number of carbonyl (C=O) groups is 1. The summed E-state index contributed by atoms with van der Waals surface area (Å²) in [6.07, 6.45) is 2.61. The van der Waals surface area contributed by atoms with Crippen LogP contribution < -0.4 is 4.90 Å². The molecule has 1 amide bonds. The van der Waals surface area contributed by atoms with Crippen molar-refractivity contribution in [1.82, 2.24) is 4.31 Å². The van der Waals surface area contributed by atoms with E-state index in [1.807, 2.05) is 24.3 Å². The number of hydrogen-bond donors (Lipinski definition) is 0. The van der Waals surface area contributed by atoms with E-state index in [2.05, 4.69) is 0 Å². The van der Waals surface area contributed by atoms with Crippen LogP contribution in [0.15, 0.2) is 53.4 Å². The maximum Gasteiger partial charge on any atom is 0.258 e. The Bertz CT molecular complexity index is 918. The van der Waals surface area contributed by atoms with Crippen molar-refractivity contribution in [1.29, 1.82) is 0 Å². The van der Waals surface area contributed by atoms with E-state index in [9.17, 15) is 13.2 Å². The molecule has 2 heterocycles. The third-order valence-corrected chi connectivity index (χ3v) is 6.81. The number of amides is 1. The van der Waals surface area contributed by atoms with Crippen molar-refractivity contribution >= 4 is 21.6 Å². The Kier molecular flexibility index (Phi) is 4.09. The van der Waals surface area contributed by atoms with E-state index in [0.29, 0.717) is 25.2 Å². The van der Waals surface area contributed by atoms with Gasteiger partial charge < -0.3 is 4.90 Å². The molecule has 0 bridgehead atoms. The molecule has 6 heteroatoms. The quantitative estimate of drug-likeness (QED) is 0.850. The molecule has 0 radical (unpaired) electrons. The number of fused-ring (bicyclic) bond motifs is 1. The van der Waals surface area contributed by atoms with Gasteiger partial charge in [-0.2, -0.15) is 4.31 Å². The second-order valence-corrected chi connectivity index (χ2v) is 8.41. The van der Waals surface area contributed by atoms with Crippen LogP contribution in [0, 0.1) is 0 Å². The summed E-state index contributed by atoms with van der Waals surface area (Å²) in [6.45, 7) is 1.74. The smallest absolute Gasteiger partial charge is 0.258 e. The monoisotopic (exact) mass is 356 g/mol. The fourth-order valence-corrected chi connectivity index (χ4v) is 5.14. The molecular formula is C19H20N2O3S. The fraction of sp³-hybridized carbons (Fsp3) is 0.316. The first-order valence-electron chi connectivity index (χ1n) is 8.57. The van der Waals surface area contributed by atoms with Gasteiger partial charge in [0.05, 0.1) is 4.90 Å². The summed E-state index contributed by atoms with van der Waals surface area (Å²) in [5, 5.41) is 0. The van der Waals surface area contributed by atoms with E-state index in [1.165, 1.54) is 10.4 Å². The molecule has 1 fully saturated rings. The first-order chi connectivity index (χ1) is 12.1. The summed E-state index contributed by atoms with van der Waals surface area (Å²) in [5.74, 6) is -0.150. The molecule has 4 rings (SSSR count). The highest BCUT2D eigenvalue weighted by Crippen LogP contribution is 2.29. The van der Waals surface area contributed by atoms with Crippen molar-refractivity contribution in [2.24, 2.45) is 0 Å². The molecule has 130 valence electrons. The molecule has 0 unspecified atom stereocenters. The minimum atomic E-state index is -3.52. The first-order valence-corrected chi connectivity index (χ1v) is 10.0. The van der Waals surface area contributed by atoms with Crippen LogP contribution in [0.1, 0.15) is 28.8 Å². The maximum absolute atomic E-state index is 12.9. The van der Waals surface area contributed by atoms with Gasteiger partial charge in [0.25, 0.3) is 5.91 Å². The summed E-state index contributed by atoms with van der Waals surface area (Å²) < 4.78 is 27.0. The molecule has 2 aromatic rings. The van der Waals surface area contributed by atoms with Crippen LogP contribution in [-0.2, 0) is 16.4 Å². The normalized spacial score (nSPS) is 17.7. The zero-order valence-electron chi connectivity index (χ0n) is 13.9. The number of benzene rings is 2. The van der Waals surface area contributed by atoms with Gasteiger partial charge in [-0.05, 0) is 49.1 Å². The van der Waals surface area contributed by atoms with Gasteiger partial charge in [0.1, 0.15) is 0 Å². The molecular weight excluding hydrogens is 336 g/mol. The molecule has 0 saturated carbocycles. The van der Waals surface area contributed by atoms with Crippen LogP contribution in [-0.4, -0.2) is 38.3 Å². The highest BCUT2D eigenvalue weighted by Gasteiger charge is 2.29. The van der Waals surface area contributed by atoms with Gasteiger partial charge in [-0.25, -0.2) is 8.42 Å². The van der Waals surface area contributed by atoms with Crippen LogP contribution in [0.4, 0.5) is 5.69 Å². The van der Waals surface area contributed by atoms with Crippen LogP contribution in [0.5, 0.6) is 0 Å². The molecule has 5 nitrogen and oxygen atoms in total. The minimum Gasteiger partial charge on any atom is -0.308 e. The Labute approximate surface area is 147 Å². The van der Waals surface area contributed by atoms with E-state index in [4.69, 9.17) is 0 Å². The number of carbonyl (C=O) groups excluding carboxylic acids is 1. The van der Waals surface area contributed by atoms with Crippen LogP contribution in [0.25, 0.3) is 0 Å². The Morgan fingerprint density at radius 2 is 1.68 bits per heavy atom. The molecule has 0 N–H and O–H groups in total. The van der Waals surface area contributed by atoms with Gasteiger partial charge in [-0.1, -0.05) is 24.3 Å². The van der Waals surface area contributed by atoms with E-state index >= 15 is 0 Å². The lowest BCUT2D eigenvalue weighted by atomic mass is 10.1. The van der Waals surface area contributed by atoms with Gasteiger partial charge in [0, 0.05) is 30.9 Å². The minimum absolute atomic E-state index is 0.150. The summed E-state index contributed by atoms with van der Waals surface area (Å²) in [5.41, 5.74) is 2.48. The largest absolute Gasteiger partial charge is 0.308 e. The predicted octanol–water partition coefficient (Wildman–Crippen LogP) is 2.67. The standard InChI is InChI=1S/C19H20N2O3S/c22-19(21-13-10-15-6-1-2-9-18(15)21)16-7-5-8-17(14-16)25(23,24)20-11-3-4-12-20/h1-2,5-9,14H,3-4,10-13H2. The summed E-state index contributed by atoms with van der Waals surface area (Å²) >= 11 is 0. The summed E-state index contributed by atoms with van der Waals surface area (Å²) in [6, 6.07) is 14.3. The Morgan fingerprint density at radius 3 is 2.48 bits per heavy atom. The SMILES string of the molecule is O=C(c1cccc(S(=O)(=O)N2CCCC2)c1)N1CCc2ccccc21. The summed E-state index contributed by atoms with van der Waals surface area (Å²) in [4.78, 5) is 14.9. The van der Waals surface area contributed by atoms with Crippen molar-refractivity contribution in [2.75, 3.05) is 24.5 Å². The van der Waals surface area contributed by atoms with Gasteiger partial charge in [0.2, 0.25) is 10.0 Å². The zero-order valence-corrected chi connectivity index (χ0v) is 14.7. The molecule has 0 aromatic heterocycles. The highest BCUT2D eigenvalue weighted by atomic mass is 32.2. The number of nitrogens with zero attached hydrogens (tertiary/aromatic N) is 2. The van der Waals surface area contributed by atoms with Gasteiger partial charge >= 0.3 is 0 Å². The average Bonchev–Trinajstić information content (AvgIpc) is 3.31. The van der Waals surface area contributed by atoms with Crippen molar-refractivity contribution < 1.29 is 13.2 Å². The van der Waals surface area contributed by atoms with E-state index in [1.54, 1.807) is 23.1 Å². The lowest BCUT2D eigenvalue weighted by Crippen LogP contribution is -2.30. The van der Waals surface area contributed by atoms with Crippen molar-refractivity contribution in [2.45, 2.75) is 24.2 Å².